The number of rotatable bonds is 4. The summed E-state index contributed by atoms with van der Waals surface area (Å²) in [5.74, 6) is 0.0243. The first-order valence-electron chi connectivity index (χ1n) is 11.6. The van der Waals surface area contributed by atoms with Crippen molar-refractivity contribution >= 4 is 23.4 Å². The number of nitrogens with zero attached hydrogens (tertiary/aromatic N) is 3. The maximum absolute atomic E-state index is 13.1. The van der Waals surface area contributed by atoms with E-state index < -0.39 is 5.60 Å². The Morgan fingerprint density at radius 2 is 1.76 bits per heavy atom. The molecule has 0 atom stereocenters. The second-order valence-corrected chi connectivity index (χ2v) is 9.08. The summed E-state index contributed by atoms with van der Waals surface area (Å²) in [5.41, 5.74) is 5.19. The summed E-state index contributed by atoms with van der Waals surface area (Å²) in [6.45, 7) is 3.87. The number of benzene rings is 2. The zero-order valence-electron chi connectivity index (χ0n) is 18.9. The number of fused-ring (bicyclic) bond motifs is 1. The monoisotopic (exact) mass is 439 g/mol. The lowest BCUT2D eigenvalue weighted by molar-refractivity contribution is -0.0168. The van der Waals surface area contributed by atoms with Crippen LogP contribution in [0.1, 0.15) is 40.2 Å². The smallest absolute Gasteiger partial charge is 0.253 e. The Labute approximate surface area is 195 Å². The van der Waals surface area contributed by atoms with Crippen molar-refractivity contribution in [3.8, 4) is 0 Å². The highest BCUT2D eigenvalue weighted by Gasteiger charge is 2.34. The van der Waals surface area contributed by atoms with E-state index >= 15 is 0 Å². The summed E-state index contributed by atoms with van der Waals surface area (Å²) < 4.78 is 0. The molecule has 2 aliphatic heterocycles. The molecule has 0 saturated carbocycles. The maximum Gasteiger partial charge on any atom is 0.253 e. The van der Waals surface area contributed by atoms with Gasteiger partial charge in [0.05, 0.1) is 5.60 Å². The number of pyridine rings is 1. The van der Waals surface area contributed by atoms with Crippen molar-refractivity contribution in [1.82, 2.24) is 9.88 Å². The van der Waals surface area contributed by atoms with Gasteiger partial charge in [-0.05, 0) is 67.8 Å². The molecule has 3 aromatic rings. The first-order valence-corrected chi connectivity index (χ1v) is 11.6. The zero-order chi connectivity index (χ0) is 22.8. The van der Waals surface area contributed by atoms with Crippen LogP contribution in [0.15, 0.2) is 72.8 Å². The molecule has 0 unspecified atom stereocenters. The van der Waals surface area contributed by atoms with E-state index in [1.807, 2.05) is 60.4 Å². The lowest BCUT2D eigenvalue weighted by Gasteiger charge is -2.38. The number of aromatic nitrogens is 1. The van der Waals surface area contributed by atoms with E-state index in [0.717, 1.165) is 23.6 Å². The minimum atomic E-state index is -0.809. The predicted octanol–water partition coefficient (Wildman–Crippen LogP) is 4.76. The largest absolute Gasteiger partial charge is 0.389 e. The number of likely N-dealkylation sites (tertiary alicyclic amines) is 1. The molecular formula is C28H29N3O2. The summed E-state index contributed by atoms with van der Waals surface area (Å²) in [4.78, 5) is 21.7. The van der Waals surface area contributed by atoms with Gasteiger partial charge in [-0.1, -0.05) is 36.4 Å². The number of hydrogen-bond acceptors (Lipinski definition) is 4. The summed E-state index contributed by atoms with van der Waals surface area (Å²) in [6.07, 6.45) is 5.95. The first kappa shape index (κ1) is 21.4. The number of carbonyl (C=O) groups is 1. The molecule has 0 bridgehead atoms. The van der Waals surface area contributed by atoms with Crippen molar-refractivity contribution < 1.29 is 9.90 Å². The number of amides is 1. The molecule has 0 aliphatic carbocycles. The number of aryl methyl sites for hydroxylation is 1. The Hall–Kier alpha value is -3.44. The third-order valence-electron chi connectivity index (χ3n) is 6.68. The third kappa shape index (κ3) is 4.55. The first-order chi connectivity index (χ1) is 16.0. The van der Waals surface area contributed by atoms with Gasteiger partial charge in [0.15, 0.2) is 0 Å². The quantitative estimate of drug-likeness (QED) is 0.637. The van der Waals surface area contributed by atoms with Gasteiger partial charge >= 0.3 is 0 Å². The van der Waals surface area contributed by atoms with Crippen LogP contribution in [-0.4, -0.2) is 46.1 Å². The molecule has 2 aromatic carbocycles. The summed E-state index contributed by atoms with van der Waals surface area (Å²) >= 11 is 0. The summed E-state index contributed by atoms with van der Waals surface area (Å²) in [5, 5.41) is 11.1. The molecule has 5 rings (SSSR count). The van der Waals surface area contributed by atoms with Gasteiger partial charge in [-0.2, -0.15) is 0 Å². The Balaban J connectivity index is 1.23. The Bertz CT molecular complexity index is 1180. The van der Waals surface area contributed by atoms with Crippen LogP contribution >= 0.6 is 0 Å². The molecule has 3 heterocycles. The fourth-order valence-corrected chi connectivity index (χ4v) is 4.81. The molecule has 5 heteroatoms. The average molecular weight is 440 g/mol. The Morgan fingerprint density at radius 3 is 2.52 bits per heavy atom. The summed E-state index contributed by atoms with van der Waals surface area (Å²) in [6, 6.07) is 22.1. The predicted molar refractivity (Wildman–Crippen MR) is 132 cm³/mol. The highest BCUT2D eigenvalue weighted by Crippen LogP contribution is 2.33. The van der Waals surface area contributed by atoms with Crippen molar-refractivity contribution in [2.24, 2.45) is 0 Å². The van der Waals surface area contributed by atoms with Crippen LogP contribution in [-0.2, 0) is 6.42 Å². The molecule has 1 N–H and O–H groups in total. The van der Waals surface area contributed by atoms with E-state index in [9.17, 15) is 9.90 Å². The van der Waals surface area contributed by atoms with Gasteiger partial charge in [0.1, 0.15) is 0 Å². The van der Waals surface area contributed by atoms with Crippen LogP contribution in [0.2, 0.25) is 0 Å². The van der Waals surface area contributed by atoms with Crippen molar-refractivity contribution in [3.05, 3.63) is 95.3 Å². The standard InChI is InChI=1S/C28H29N3O2/c1-21-6-4-9-24(29-21)20-28(33)15-18-30(19-16-28)27(32)23-11-13-25(14-12-23)31-17-5-8-22-7-2-3-10-26(22)31/h2-14,33H,15-20H2,1H3. The molecule has 1 saturated heterocycles. The van der Waals surface area contributed by atoms with E-state index in [1.165, 1.54) is 11.3 Å². The summed E-state index contributed by atoms with van der Waals surface area (Å²) in [7, 11) is 0. The minimum absolute atomic E-state index is 0.0243. The van der Waals surface area contributed by atoms with E-state index in [0.29, 0.717) is 37.9 Å². The van der Waals surface area contributed by atoms with Gasteiger partial charge in [-0.25, -0.2) is 0 Å². The Morgan fingerprint density at radius 1 is 1.00 bits per heavy atom. The molecule has 168 valence electrons. The van der Waals surface area contributed by atoms with E-state index in [2.05, 4.69) is 40.2 Å². The van der Waals surface area contributed by atoms with Crippen LogP contribution in [0.25, 0.3) is 6.08 Å². The van der Waals surface area contributed by atoms with Crippen LogP contribution in [0.4, 0.5) is 11.4 Å². The number of aliphatic hydroxyl groups is 1. The van der Waals surface area contributed by atoms with Gasteiger partial charge in [0.2, 0.25) is 0 Å². The number of piperidine rings is 1. The molecule has 33 heavy (non-hydrogen) atoms. The van der Waals surface area contributed by atoms with Gasteiger partial charge in [-0.3, -0.25) is 9.78 Å². The van der Waals surface area contributed by atoms with Gasteiger partial charge in [0.25, 0.3) is 5.91 Å². The molecule has 2 aliphatic rings. The van der Waals surface area contributed by atoms with Gasteiger partial charge in [0, 0.05) is 54.4 Å². The molecule has 1 amide bonds. The maximum atomic E-state index is 13.1. The van der Waals surface area contributed by atoms with E-state index in [-0.39, 0.29) is 5.91 Å². The Kier molecular flexibility index (Phi) is 5.73. The highest BCUT2D eigenvalue weighted by atomic mass is 16.3. The second kappa shape index (κ2) is 8.83. The molecule has 1 fully saturated rings. The number of hydrogen-bond donors (Lipinski definition) is 1. The van der Waals surface area contributed by atoms with Crippen LogP contribution < -0.4 is 4.90 Å². The fraction of sp³-hybridized carbons (Fsp3) is 0.286. The lowest BCUT2D eigenvalue weighted by Crippen LogP contribution is -2.47. The SMILES string of the molecule is Cc1cccc(CC2(O)CCN(C(=O)c3ccc(N4CC=Cc5ccccc54)cc3)CC2)n1. The molecular weight excluding hydrogens is 410 g/mol. The topological polar surface area (TPSA) is 56.7 Å². The van der Waals surface area contributed by atoms with Crippen molar-refractivity contribution in [1.29, 1.82) is 0 Å². The van der Waals surface area contributed by atoms with Crippen LogP contribution in [0.5, 0.6) is 0 Å². The third-order valence-corrected chi connectivity index (χ3v) is 6.68. The van der Waals surface area contributed by atoms with Gasteiger partial charge in [-0.15, -0.1) is 0 Å². The number of carbonyl (C=O) groups excluding carboxylic acids is 1. The number of anilines is 2. The number of para-hydroxylation sites is 1. The van der Waals surface area contributed by atoms with Crippen molar-refractivity contribution in [2.45, 2.75) is 31.8 Å². The van der Waals surface area contributed by atoms with Crippen LogP contribution in [0.3, 0.4) is 0 Å². The van der Waals surface area contributed by atoms with E-state index in [1.54, 1.807) is 0 Å². The highest BCUT2D eigenvalue weighted by molar-refractivity contribution is 5.95. The van der Waals surface area contributed by atoms with Crippen LogP contribution in [0, 0.1) is 6.92 Å². The molecule has 5 nitrogen and oxygen atoms in total. The normalized spacial score (nSPS) is 17.0. The fourth-order valence-electron chi connectivity index (χ4n) is 4.81. The molecule has 0 spiro atoms. The molecule has 1 aromatic heterocycles. The van der Waals surface area contributed by atoms with Crippen molar-refractivity contribution in [2.75, 3.05) is 24.5 Å². The van der Waals surface area contributed by atoms with Gasteiger partial charge < -0.3 is 14.9 Å². The lowest BCUT2D eigenvalue weighted by atomic mass is 9.86. The minimum Gasteiger partial charge on any atom is -0.389 e. The zero-order valence-corrected chi connectivity index (χ0v) is 18.9. The average Bonchev–Trinajstić information content (AvgIpc) is 2.84. The van der Waals surface area contributed by atoms with Crippen molar-refractivity contribution in [3.63, 3.8) is 0 Å². The molecule has 0 radical (unpaired) electrons. The second-order valence-electron chi connectivity index (χ2n) is 9.08. The van der Waals surface area contributed by atoms with E-state index in [4.69, 9.17) is 0 Å².